The highest BCUT2D eigenvalue weighted by molar-refractivity contribution is 5.89. The third kappa shape index (κ3) is 3.08. The Morgan fingerprint density at radius 3 is 2.78 bits per heavy atom. The van der Waals surface area contributed by atoms with E-state index in [0.717, 1.165) is 35.6 Å². The van der Waals surface area contributed by atoms with E-state index in [1.165, 1.54) is 0 Å². The second kappa shape index (κ2) is 5.60. The number of pyridine rings is 1. The van der Waals surface area contributed by atoms with Crippen molar-refractivity contribution in [1.29, 1.82) is 0 Å². The summed E-state index contributed by atoms with van der Waals surface area (Å²) in [5, 5.41) is 5.32. The summed E-state index contributed by atoms with van der Waals surface area (Å²) in [5.74, 6) is -0.0402. The molecule has 1 aliphatic rings. The molecule has 0 saturated heterocycles. The zero-order valence-electron chi connectivity index (χ0n) is 14.1. The highest BCUT2D eigenvalue weighted by Crippen LogP contribution is 2.42. The van der Waals surface area contributed by atoms with Crippen molar-refractivity contribution in [2.45, 2.75) is 51.6 Å². The van der Waals surface area contributed by atoms with Gasteiger partial charge in [0.05, 0.1) is 11.6 Å². The standard InChI is InChI=1S/C19H25N3O/c1-13(15-6-4-5-14-11-21-10-7-16(14)15)22-17(23)19(20)9-8-18(2,3)12-19/h4-7,10-11,13H,8-9,12,20H2,1-3H3,(H,22,23)/t13-,19?/m1/s1. The van der Waals surface area contributed by atoms with E-state index in [1.807, 2.05) is 31.3 Å². The Hall–Kier alpha value is -1.94. The Morgan fingerprint density at radius 1 is 1.30 bits per heavy atom. The van der Waals surface area contributed by atoms with Crippen molar-refractivity contribution in [3.8, 4) is 0 Å². The van der Waals surface area contributed by atoms with Crippen LogP contribution in [0.5, 0.6) is 0 Å². The lowest BCUT2D eigenvalue weighted by atomic mass is 9.87. The van der Waals surface area contributed by atoms with Crippen LogP contribution in [0.15, 0.2) is 36.7 Å². The molecule has 0 aliphatic heterocycles. The number of carbonyl (C=O) groups is 1. The maximum Gasteiger partial charge on any atom is 0.240 e. The zero-order valence-corrected chi connectivity index (χ0v) is 14.1. The highest BCUT2D eigenvalue weighted by Gasteiger charge is 2.45. The van der Waals surface area contributed by atoms with Crippen molar-refractivity contribution in [3.63, 3.8) is 0 Å². The topological polar surface area (TPSA) is 68.0 Å². The minimum atomic E-state index is -0.746. The summed E-state index contributed by atoms with van der Waals surface area (Å²) in [6, 6.07) is 7.99. The number of amides is 1. The van der Waals surface area contributed by atoms with E-state index in [1.54, 1.807) is 6.20 Å². The molecule has 1 aliphatic carbocycles. The number of benzene rings is 1. The van der Waals surface area contributed by atoms with Crippen molar-refractivity contribution < 1.29 is 4.79 Å². The van der Waals surface area contributed by atoms with Crippen LogP contribution < -0.4 is 11.1 Å². The minimum absolute atomic E-state index is 0.0402. The number of nitrogens with one attached hydrogen (secondary N) is 1. The van der Waals surface area contributed by atoms with Gasteiger partial charge in [0.15, 0.2) is 0 Å². The van der Waals surface area contributed by atoms with Crippen LogP contribution in [0.3, 0.4) is 0 Å². The summed E-state index contributed by atoms with van der Waals surface area (Å²) >= 11 is 0. The highest BCUT2D eigenvalue weighted by atomic mass is 16.2. The second-order valence-electron chi connectivity index (χ2n) is 7.64. The molecule has 1 amide bonds. The second-order valence-corrected chi connectivity index (χ2v) is 7.64. The molecule has 0 radical (unpaired) electrons. The molecule has 122 valence electrons. The van der Waals surface area contributed by atoms with Crippen molar-refractivity contribution in [2.75, 3.05) is 0 Å². The average molecular weight is 311 g/mol. The lowest BCUT2D eigenvalue weighted by molar-refractivity contribution is -0.127. The lowest BCUT2D eigenvalue weighted by Gasteiger charge is -2.27. The number of fused-ring (bicyclic) bond motifs is 1. The average Bonchev–Trinajstić information content (AvgIpc) is 2.81. The molecule has 4 heteroatoms. The van der Waals surface area contributed by atoms with E-state index in [-0.39, 0.29) is 17.4 Å². The Kier molecular flexibility index (Phi) is 3.88. The summed E-state index contributed by atoms with van der Waals surface area (Å²) in [6.45, 7) is 6.36. The zero-order chi connectivity index (χ0) is 16.7. The molecule has 1 unspecified atom stereocenters. The molecule has 1 heterocycles. The molecule has 4 nitrogen and oxygen atoms in total. The fraction of sp³-hybridized carbons (Fsp3) is 0.474. The molecular formula is C19H25N3O. The molecule has 2 atom stereocenters. The van der Waals surface area contributed by atoms with Crippen LogP contribution in [-0.4, -0.2) is 16.4 Å². The molecule has 3 N–H and O–H groups in total. The number of aromatic nitrogens is 1. The van der Waals surface area contributed by atoms with Crippen LogP contribution in [0.1, 0.15) is 51.6 Å². The molecule has 1 saturated carbocycles. The number of hydrogen-bond donors (Lipinski definition) is 2. The van der Waals surface area contributed by atoms with Crippen LogP contribution in [0.4, 0.5) is 0 Å². The van der Waals surface area contributed by atoms with Gasteiger partial charge in [0.1, 0.15) is 0 Å². The first-order valence-corrected chi connectivity index (χ1v) is 8.23. The van der Waals surface area contributed by atoms with E-state index in [0.29, 0.717) is 0 Å². The van der Waals surface area contributed by atoms with Crippen molar-refractivity contribution in [2.24, 2.45) is 11.1 Å². The Labute approximate surface area is 137 Å². The van der Waals surface area contributed by atoms with Gasteiger partial charge in [-0.2, -0.15) is 0 Å². The largest absolute Gasteiger partial charge is 0.348 e. The molecule has 3 rings (SSSR count). The quantitative estimate of drug-likeness (QED) is 0.913. The van der Waals surface area contributed by atoms with Gasteiger partial charge in [-0.15, -0.1) is 0 Å². The van der Waals surface area contributed by atoms with Gasteiger partial charge in [0, 0.05) is 17.8 Å². The van der Waals surface area contributed by atoms with Gasteiger partial charge in [0.25, 0.3) is 0 Å². The third-order valence-corrected chi connectivity index (χ3v) is 5.02. The number of nitrogens with two attached hydrogens (primary N) is 1. The fourth-order valence-corrected chi connectivity index (χ4v) is 3.73. The normalized spacial score (nSPS) is 24.5. The van der Waals surface area contributed by atoms with E-state index in [9.17, 15) is 4.79 Å². The maximum atomic E-state index is 12.7. The summed E-state index contributed by atoms with van der Waals surface area (Å²) in [5.41, 5.74) is 6.88. The summed E-state index contributed by atoms with van der Waals surface area (Å²) < 4.78 is 0. The van der Waals surface area contributed by atoms with E-state index < -0.39 is 5.54 Å². The van der Waals surface area contributed by atoms with Crippen molar-refractivity contribution >= 4 is 16.7 Å². The molecule has 1 aromatic heterocycles. The molecule has 2 aromatic rings. The number of nitrogens with zero attached hydrogens (tertiary/aromatic N) is 1. The SMILES string of the molecule is C[C@@H](NC(=O)C1(N)CCC(C)(C)C1)c1cccc2cnccc12. The predicted octanol–water partition coefficient (Wildman–Crippen LogP) is 3.32. The third-order valence-electron chi connectivity index (χ3n) is 5.02. The van der Waals surface area contributed by atoms with Crippen LogP contribution in [0.2, 0.25) is 0 Å². The van der Waals surface area contributed by atoms with Gasteiger partial charge in [-0.1, -0.05) is 32.0 Å². The first-order valence-electron chi connectivity index (χ1n) is 8.23. The molecule has 1 fully saturated rings. The number of carbonyl (C=O) groups excluding carboxylic acids is 1. The van der Waals surface area contributed by atoms with E-state index in [2.05, 4.69) is 30.2 Å². The maximum absolute atomic E-state index is 12.7. The van der Waals surface area contributed by atoms with Crippen LogP contribution in [-0.2, 0) is 4.79 Å². The summed E-state index contributed by atoms with van der Waals surface area (Å²) in [7, 11) is 0. The van der Waals surface area contributed by atoms with Gasteiger partial charge in [-0.3, -0.25) is 9.78 Å². The molecule has 0 spiro atoms. The predicted molar refractivity (Wildman–Crippen MR) is 92.9 cm³/mol. The first kappa shape index (κ1) is 15.9. The van der Waals surface area contributed by atoms with Crippen molar-refractivity contribution in [1.82, 2.24) is 10.3 Å². The van der Waals surface area contributed by atoms with Gasteiger partial charge in [0.2, 0.25) is 5.91 Å². The van der Waals surface area contributed by atoms with E-state index in [4.69, 9.17) is 5.73 Å². The monoisotopic (exact) mass is 311 g/mol. The van der Waals surface area contributed by atoms with Gasteiger partial charge in [-0.25, -0.2) is 0 Å². The Morgan fingerprint density at radius 2 is 2.09 bits per heavy atom. The molecule has 0 bridgehead atoms. The summed E-state index contributed by atoms with van der Waals surface area (Å²) in [4.78, 5) is 16.9. The molecular weight excluding hydrogens is 286 g/mol. The molecule has 23 heavy (non-hydrogen) atoms. The Balaban J connectivity index is 1.81. The molecule has 1 aromatic carbocycles. The number of rotatable bonds is 3. The van der Waals surface area contributed by atoms with Gasteiger partial charge < -0.3 is 11.1 Å². The number of hydrogen-bond acceptors (Lipinski definition) is 3. The Bertz CT molecular complexity index is 735. The van der Waals surface area contributed by atoms with Crippen molar-refractivity contribution in [3.05, 3.63) is 42.2 Å². The van der Waals surface area contributed by atoms with Crippen LogP contribution in [0.25, 0.3) is 10.8 Å². The summed E-state index contributed by atoms with van der Waals surface area (Å²) in [6.07, 6.45) is 6.10. The smallest absolute Gasteiger partial charge is 0.240 e. The minimum Gasteiger partial charge on any atom is -0.348 e. The van der Waals surface area contributed by atoms with E-state index >= 15 is 0 Å². The lowest BCUT2D eigenvalue weighted by Crippen LogP contribution is -2.53. The van der Waals surface area contributed by atoms with Crippen LogP contribution in [0, 0.1) is 5.41 Å². The fourth-order valence-electron chi connectivity index (χ4n) is 3.73. The van der Waals surface area contributed by atoms with Gasteiger partial charge >= 0.3 is 0 Å². The van der Waals surface area contributed by atoms with Crippen LogP contribution >= 0.6 is 0 Å². The van der Waals surface area contributed by atoms with Gasteiger partial charge in [-0.05, 0) is 48.6 Å². The first-order chi connectivity index (χ1) is 10.8.